The molecule has 0 aromatic rings. The number of likely N-dealkylation sites (N-methyl/N-ethyl adjacent to an activating group) is 1. The Labute approximate surface area is 107 Å². The Bertz CT molecular complexity index is 259. The summed E-state index contributed by atoms with van der Waals surface area (Å²) in [7, 11) is 3.85. The Morgan fingerprint density at radius 3 is 2.39 bits per heavy atom. The molecule has 0 aliphatic heterocycles. The van der Waals surface area contributed by atoms with Crippen LogP contribution < -0.4 is 10.8 Å². The van der Waals surface area contributed by atoms with E-state index in [1.165, 1.54) is 0 Å². The number of aliphatic carboxylic acids is 1. The van der Waals surface area contributed by atoms with Crippen LogP contribution >= 0.6 is 0 Å². The van der Waals surface area contributed by atoms with Crippen molar-refractivity contribution in [2.24, 2.45) is 5.92 Å². The molecule has 0 bridgehead atoms. The third-order valence-electron chi connectivity index (χ3n) is 2.04. The van der Waals surface area contributed by atoms with Gasteiger partial charge in [-0.15, -0.1) is 0 Å². The highest BCUT2D eigenvalue weighted by atomic mass is 16.7. The number of carboxylic acids is 1. The van der Waals surface area contributed by atoms with Crippen LogP contribution in [0.1, 0.15) is 20.3 Å². The molecule has 0 saturated heterocycles. The number of hydroxylamine groups is 1. The molecule has 0 aliphatic carbocycles. The second-order valence-corrected chi connectivity index (χ2v) is 4.85. The van der Waals surface area contributed by atoms with E-state index in [1.54, 1.807) is 0 Å². The third kappa shape index (κ3) is 9.86. The van der Waals surface area contributed by atoms with Crippen LogP contribution in [0.15, 0.2) is 0 Å². The number of hydrogen-bond donors (Lipinski definition) is 3. The van der Waals surface area contributed by atoms with E-state index in [-0.39, 0.29) is 6.04 Å². The highest BCUT2D eigenvalue weighted by molar-refractivity contribution is 5.73. The van der Waals surface area contributed by atoms with E-state index in [0.29, 0.717) is 12.5 Å². The van der Waals surface area contributed by atoms with Crippen molar-refractivity contribution in [1.82, 2.24) is 15.7 Å². The summed E-state index contributed by atoms with van der Waals surface area (Å²) in [6, 6.07) is -0.530. The first-order valence-corrected chi connectivity index (χ1v) is 5.86. The highest BCUT2D eigenvalue weighted by Crippen LogP contribution is 2.05. The summed E-state index contributed by atoms with van der Waals surface area (Å²) >= 11 is 0. The summed E-state index contributed by atoms with van der Waals surface area (Å²) in [4.78, 5) is 28.1. The molecule has 7 heteroatoms. The lowest BCUT2D eigenvalue weighted by Crippen LogP contribution is -2.47. The van der Waals surface area contributed by atoms with Crippen molar-refractivity contribution in [3.8, 4) is 0 Å². The van der Waals surface area contributed by atoms with Crippen LogP contribution in [0.5, 0.6) is 0 Å². The SMILES string of the molecule is CC(C)CC(CN(C)C)NC(=O)NOCC(=O)O. The lowest BCUT2D eigenvalue weighted by Gasteiger charge is -2.23. The standard InChI is InChI=1S/C11H23N3O4/c1-8(2)5-9(6-14(3)4)12-11(17)13-18-7-10(15)16/h8-9H,5-7H2,1-4H3,(H,15,16)(H2,12,13,17). The summed E-state index contributed by atoms with van der Waals surface area (Å²) in [5.41, 5.74) is 2.04. The molecular weight excluding hydrogens is 238 g/mol. The monoisotopic (exact) mass is 261 g/mol. The van der Waals surface area contributed by atoms with Gasteiger partial charge in [-0.1, -0.05) is 13.8 Å². The molecule has 3 N–H and O–H groups in total. The van der Waals surface area contributed by atoms with Crippen LogP contribution in [0, 0.1) is 5.92 Å². The molecule has 0 radical (unpaired) electrons. The summed E-state index contributed by atoms with van der Waals surface area (Å²) in [5, 5.41) is 11.1. The van der Waals surface area contributed by atoms with Crippen molar-refractivity contribution < 1.29 is 19.5 Å². The molecule has 0 heterocycles. The molecule has 1 unspecified atom stereocenters. The normalized spacial score (nSPS) is 12.6. The fraction of sp³-hybridized carbons (Fsp3) is 0.818. The van der Waals surface area contributed by atoms with Crippen molar-refractivity contribution in [3.05, 3.63) is 0 Å². The van der Waals surface area contributed by atoms with Crippen LogP contribution in [-0.4, -0.2) is 55.3 Å². The number of carboxylic acid groups (broad SMARTS) is 1. The van der Waals surface area contributed by atoms with Gasteiger partial charge in [0.15, 0.2) is 6.61 Å². The summed E-state index contributed by atoms with van der Waals surface area (Å²) in [6.07, 6.45) is 0.838. The predicted molar refractivity (Wildman–Crippen MR) is 67.1 cm³/mol. The number of carbonyl (C=O) groups is 2. The molecule has 1 atom stereocenters. The van der Waals surface area contributed by atoms with Crippen molar-refractivity contribution in [3.63, 3.8) is 0 Å². The Hall–Kier alpha value is -1.34. The van der Waals surface area contributed by atoms with Crippen LogP contribution in [-0.2, 0) is 9.63 Å². The van der Waals surface area contributed by atoms with Crippen molar-refractivity contribution >= 4 is 12.0 Å². The van der Waals surface area contributed by atoms with E-state index in [1.807, 2.05) is 24.5 Å². The lowest BCUT2D eigenvalue weighted by atomic mass is 10.0. The fourth-order valence-electron chi connectivity index (χ4n) is 1.57. The van der Waals surface area contributed by atoms with Gasteiger partial charge in [0.1, 0.15) is 0 Å². The van der Waals surface area contributed by atoms with Gasteiger partial charge in [0.25, 0.3) is 0 Å². The Balaban J connectivity index is 4.05. The Morgan fingerprint density at radius 2 is 1.94 bits per heavy atom. The zero-order valence-corrected chi connectivity index (χ0v) is 11.4. The van der Waals surface area contributed by atoms with Gasteiger partial charge >= 0.3 is 12.0 Å². The second-order valence-electron chi connectivity index (χ2n) is 4.85. The van der Waals surface area contributed by atoms with Gasteiger partial charge < -0.3 is 15.3 Å². The summed E-state index contributed by atoms with van der Waals surface area (Å²) in [6.45, 7) is 4.30. The molecular formula is C11H23N3O4. The fourth-order valence-corrected chi connectivity index (χ4v) is 1.57. The van der Waals surface area contributed by atoms with Crippen LogP contribution in [0.25, 0.3) is 0 Å². The average Bonchev–Trinajstić information content (AvgIpc) is 2.13. The van der Waals surface area contributed by atoms with Gasteiger partial charge in [-0.3, -0.25) is 4.84 Å². The molecule has 18 heavy (non-hydrogen) atoms. The maximum Gasteiger partial charge on any atom is 0.338 e. The van der Waals surface area contributed by atoms with E-state index < -0.39 is 18.6 Å². The second kappa shape index (κ2) is 8.71. The minimum Gasteiger partial charge on any atom is -0.479 e. The van der Waals surface area contributed by atoms with Crippen molar-refractivity contribution in [1.29, 1.82) is 0 Å². The molecule has 7 nitrogen and oxygen atoms in total. The number of hydrogen-bond acceptors (Lipinski definition) is 4. The molecule has 2 amide bonds. The summed E-state index contributed by atoms with van der Waals surface area (Å²) < 4.78 is 0. The number of rotatable bonds is 8. The zero-order valence-electron chi connectivity index (χ0n) is 11.4. The zero-order chi connectivity index (χ0) is 14.1. The molecule has 0 aromatic heterocycles. The Morgan fingerprint density at radius 1 is 1.33 bits per heavy atom. The van der Waals surface area contributed by atoms with E-state index in [4.69, 9.17) is 5.11 Å². The van der Waals surface area contributed by atoms with Gasteiger partial charge in [-0.25, -0.2) is 15.1 Å². The first-order valence-electron chi connectivity index (χ1n) is 5.86. The topological polar surface area (TPSA) is 90.9 Å². The number of amides is 2. The quantitative estimate of drug-likeness (QED) is 0.546. The minimum absolute atomic E-state index is 0.00609. The van der Waals surface area contributed by atoms with Crippen LogP contribution in [0.4, 0.5) is 4.79 Å². The van der Waals surface area contributed by atoms with E-state index in [2.05, 4.69) is 24.0 Å². The molecule has 0 spiro atoms. The van der Waals surface area contributed by atoms with Crippen molar-refractivity contribution in [2.45, 2.75) is 26.3 Å². The van der Waals surface area contributed by atoms with E-state index in [0.717, 1.165) is 6.42 Å². The lowest BCUT2D eigenvalue weighted by molar-refractivity contribution is -0.144. The van der Waals surface area contributed by atoms with E-state index >= 15 is 0 Å². The maximum atomic E-state index is 11.4. The number of nitrogens with one attached hydrogen (secondary N) is 2. The third-order valence-corrected chi connectivity index (χ3v) is 2.04. The first kappa shape index (κ1) is 16.7. The van der Waals surface area contributed by atoms with Gasteiger partial charge in [0.2, 0.25) is 0 Å². The summed E-state index contributed by atoms with van der Waals surface area (Å²) in [5.74, 6) is -0.683. The molecule has 0 fully saturated rings. The van der Waals surface area contributed by atoms with Crippen molar-refractivity contribution in [2.75, 3.05) is 27.2 Å². The molecule has 106 valence electrons. The minimum atomic E-state index is -1.14. The molecule has 0 saturated carbocycles. The average molecular weight is 261 g/mol. The van der Waals surface area contributed by atoms with Gasteiger partial charge in [-0.2, -0.15) is 0 Å². The molecule has 0 rings (SSSR count). The van der Waals surface area contributed by atoms with Crippen LogP contribution in [0.2, 0.25) is 0 Å². The Kier molecular flexibility index (Phi) is 8.06. The molecule has 0 aliphatic rings. The maximum absolute atomic E-state index is 11.4. The van der Waals surface area contributed by atoms with Gasteiger partial charge in [0.05, 0.1) is 0 Å². The highest BCUT2D eigenvalue weighted by Gasteiger charge is 2.15. The number of carbonyl (C=O) groups excluding carboxylic acids is 1. The first-order chi connectivity index (χ1) is 8.31. The smallest absolute Gasteiger partial charge is 0.338 e. The van der Waals surface area contributed by atoms with Gasteiger partial charge in [-0.05, 0) is 26.4 Å². The van der Waals surface area contributed by atoms with Crippen LogP contribution in [0.3, 0.4) is 0 Å². The predicted octanol–water partition coefficient (Wildman–Crippen LogP) is 0.278. The van der Waals surface area contributed by atoms with Gasteiger partial charge in [0, 0.05) is 12.6 Å². The largest absolute Gasteiger partial charge is 0.479 e. The number of urea groups is 1. The number of nitrogens with zero attached hydrogens (tertiary/aromatic N) is 1. The molecule has 0 aromatic carbocycles. The van der Waals surface area contributed by atoms with E-state index in [9.17, 15) is 9.59 Å².